The van der Waals surface area contributed by atoms with Gasteiger partial charge < -0.3 is 0 Å². The standard InChI is InChI=1S/C18H21NO2S/c1-14-7-2-3-9-16(14)13-22(20,21)19-18-12-6-10-15-8-4-5-11-17(15)18/h2-5,7-9,11,18-19H,6,10,12-13H2,1H3/t18-/m0/s1. The minimum atomic E-state index is -3.35. The van der Waals surface area contributed by atoms with Crippen molar-refractivity contribution in [3.8, 4) is 0 Å². The number of fused-ring (bicyclic) bond motifs is 1. The molecule has 0 radical (unpaired) electrons. The lowest BCUT2D eigenvalue weighted by molar-refractivity contribution is 0.507. The molecule has 0 aliphatic heterocycles. The van der Waals surface area contributed by atoms with E-state index >= 15 is 0 Å². The lowest BCUT2D eigenvalue weighted by Gasteiger charge is -2.26. The van der Waals surface area contributed by atoms with E-state index in [1.807, 2.05) is 49.4 Å². The van der Waals surface area contributed by atoms with Gasteiger partial charge in [0.05, 0.1) is 5.75 Å². The second-order valence-electron chi connectivity index (χ2n) is 5.95. The molecule has 0 heterocycles. The second-order valence-corrected chi connectivity index (χ2v) is 7.70. The van der Waals surface area contributed by atoms with Crippen molar-refractivity contribution in [1.29, 1.82) is 0 Å². The topological polar surface area (TPSA) is 46.2 Å². The third kappa shape index (κ3) is 3.39. The van der Waals surface area contributed by atoms with Crippen molar-refractivity contribution < 1.29 is 8.42 Å². The van der Waals surface area contributed by atoms with Crippen LogP contribution in [0.3, 0.4) is 0 Å². The maximum Gasteiger partial charge on any atom is 0.216 e. The third-order valence-corrected chi connectivity index (χ3v) is 5.63. The van der Waals surface area contributed by atoms with Gasteiger partial charge in [-0.25, -0.2) is 13.1 Å². The van der Waals surface area contributed by atoms with Crippen molar-refractivity contribution in [1.82, 2.24) is 4.72 Å². The molecule has 0 saturated heterocycles. The van der Waals surface area contributed by atoms with Gasteiger partial charge in [-0.2, -0.15) is 0 Å². The zero-order valence-electron chi connectivity index (χ0n) is 12.7. The predicted octanol–water partition coefficient (Wildman–Crippen LogP) is 3.49. The first-order chi connectivity index (χ1) is 10.6. The summed E-state index contributed by atoms with van der Waals surface area (Å²) in [7, 11) is -3.35. The molecule has 1 aliphatic rings. The van der Waals surface area contributed by atoms with Crippen molar-refractivity contribution in [3.05, 3.63) is 70.8 Å². The van der Waals surface area contributed by atoms with E-state index < -0.39 is 10.0 Å². The highest BCUT2D eigenvalue weighted by Crippen LogP contribution is 2.30. The molecular weight excluding hydrogens is 294 g/mol. The molecule has 3 rings (SSSR count). The van der Waals surface area contributed by atoms with Crippen LogP contribution in [0.2, 0.25) is 0 Å². The average Bonchev–Trinajstić information content (AvgIpc) is 2.49. The molecule has 0 spiro atoms. The van der Waals surface area contributed by atoms with Crippen LogP contribution in [0.25, 0.3) is 0 Å². The molecule has 1 atom stereocenters. The molecule has 0 saturated carbocycles. The van der Waals surface area contributed by atoms with Crippen LogP contribution in [0.5, 0.6) is 0 Å². The van der Waals surface area contributed by atoms with Crippen molar-refractivity contribution in [2.75, 3.05) is 0 Å². The summed E-state index contributed by atoms with van der Waals surface area (Å²) in [5, 5.41) is 0. The first kappa shape index (κ1) is 15.3. The molecule has 0 unspecified atom stereocenters. The zero-order chi connectivity index (χ0) is 15.6. The van der Waals surface area contributed by atoms with Crippen LogP contribution in [0.4, 0.5) is 0 Å². The monoisotopic (exact) mass is 315 g/mol. The lowest BCUT2D eigenvalue weighted by atomic mass is 9.88. The van der Waals surface area contributed by atoms with Crippen LogP contribution in [0.1, 0.15) is 41.1 Å². The highest BCUT2D eigenvalue weighted by molar-refractivity contribution is 7.88. The number of sulfonamides is 1. The van der Waals surface area contributed by atoms with Crippen molar-refractivity contribution in [3.63, 3.8) is 0 Å². The summed E-state index contributed by atoms with van der Waals surface area (Å²) in [5.41, 5.74) is 4.26. The Kier molecular flexibility index (Phi) is 4.32. The maximum atomic E-state index is 12.5. The van der Waals surface area contributed by atoms with Crippen molar-refractivity contribution in [2.24, 2.45) is 0 Å². The predicted molar refractivity (Wildman–Crippen MR) is 89.1 cm³/mol. The first-order valence-electron chi connectivity index (χ1n) is 7.67. The molecule has 1 aliphatic carbocycles. The van der Waals surface area contributed by atoms with Gasteiger partial charge >= 0.3 is 0 Å². The van der Waals surface area contributed by atoms with E-state index in [-0.39, 0.29) is 11.8 Å². The van der Waals surface area contributed by atoms with Crippen LogP contribution < -0.4 is 4.72 Å². The molecule has 0 fully saturated rings. The summed E-state index contributed by atoms with van der Waals surface area (Å²) in [6, 6.07) is 15.7. The molecule has 1 N–H and O–H groups in total. The highest BCUT2D eigenvalue weighted by Gasteiger charge is 2.24. The average molecular weight is 315 g/mol. The van der Waals surface area contributed by atoms with Crippen molar-refractivity contribution >= 4 is 10.0 Å². The maximum absolute atomic E-state index is 12.5. The van der Waals surface area contributed by atoms with Gasteiger partial charge in [0.25, 0.3) is 0 Å². The minimum absolute atomic E-state index is 0.0400. The quantitative estimate of drug-likeness (QED) is 0.938. The largest absolute Gasteiger partial charge is 0.216 e. The van der Waals surface area contributed by atoms with Crippen LogP contribution in [-0.2, 0) is 22.2 Å². The van der Waals surface area contributed by atoms with E-state index in [1.165, 1.54) is 5.56 Å². The first-order valence-corrected chi connectivity index (χ1v) is 9.33. The van der Waals surface area contributed by atoms with Gasteiger partial charge in [-0.05, 0) is 48.4 Å². The number of aryl methyl sites for hydroxylation is 2. The molecule has 0 bridgehead atoms. The molecule has 2 aromatic rings. The SMILES string of the molecule is Cc1ccccc1CS(=O)(=O)N[C@H]1CCCc2ccccc21. The molecule has 22 heavy (non-hydrogen) atoms. The number of benzene rings is 2. The fraction of sp³-hybridized carbons (Fsp3) is 0.333. The van der Waals surface area contributed by atoms with Crippen LogP contribution in [0, 0.1) is 6.92 Å². The van der Waals surface area contributed by atoms with Gasteiger partial charge in [0.1, 0.15) is 0 Å². The summed E-state index contributed by atoms with van der Waals surface area (Å²) in [6.45, 7) is 1.95. The van der Waals surface area contributed by atoms with Crippen molar-refractivity contribution in [2.45, 2.75) is 38.0 Å². The Morgan fingerprint density at radius 2 is 1.82 bits per heavy atom. The molecule has 0 aromatic heterocycles. The molecular formula is C18H21NO2S. The lowest BCUT2D eigenvalue weighted by Crippen LogP contribution is -2.32. The number of nitrogens with one attached hydrogen (secondary N) is 1. The third-order valence-electron chi connectivity index (χ3n) is 4.30. The minimum Gasteiger partial charge on any atom is -0.212 e. The van der Waals surface area contributed by atoms with E-state index in [2.05, 4.69) is 10.8 Å². The van der Waals surface area contributed by atoms with Gasteiger partial charge in [-0.1, -0.05) is 48.5 Å². The Bertz CT molecular complexity index is 768. The molecule has 3 nitrogen and oxygen atoms in total. The second kappa shape index (κ2) is 6.23. The van der Waals surface area contributed by atoms with Gasteiger partial charge in [0, 0.05) is 6.04 Å². The van der Waals surface area contributed by atoms with Crippen LogP contribution in [0.15, 0.2) is 48.5 Å². The van der Waals surface area contributed by atoms with Gasteiger partial charge in [0.15, 0.2) is 0 Å². The Balaban J connectivity index is 1.80. The normalized spacial score (nSPS) is 18.0. The van der Waals surface area contributed by atoms with Crippen LogP contribution in [-0.4, -0.2) is 8.42 Å². The van der Waals surface area contributed by atoms with Crippen LogP contribution >= 0.6 is 0 Å². The number of hydrogen-bond donors (Lipinski definition) is 1. The summed E-state index contributed by atoms with van der Waals surface area (Å²) < 4.78 is 27.9. The summed E-state index contributed by atoms with van der Waals surface area (Å²) >= 11 is 0. The fourth-order valence-electron chi connectivity index (χ4n) is 3.11. The fourth-order valence-corrected chi connectivity index (χ4v) is 4.61. The van der Waals surface area contributed by atoms with E-state index in [0.717, 1.165) is 36.0 Å². The Labute approximate surface area is 132 Å². The Hall–Kier alpha value is -1.65. The van der Waals surface area contributed by atoms with Gasteiger partial charge in [-0.3, -0.25) is 0 Å². The summed E-state index contributed by atoms with van der Waals surface area (Å²) in [4.78, 5) is 0. The summed E-state index contributed by atoms with van der Waals surface area (Å²) in [5.74, 6) is 0.0400. The smallest absolute Gasteiger partial charge is 0.212 e. The van der Waals surface area contributed by atoms with E-state index in [1.54, 1.807) is 0 Å². The number of rotatable bonds is 4. The highest BCUT2D eigenvalue weighted by atomic mass is 32.2. The zero-order valence-corrected chi connectivity index (χ0v) is 13.6. The molecule has 2 aromatic carbocycles. The summed E-state index contributed by atoms with van der Waals surface area (Å²) in [6.07, 6.45) is 2.92. The molecule has 116 valence electrons. The van der Waals surface area contributed by atoms with E-state index in [0.29, 0.717) is 0 Å². The van der Waals surface area contributed by atoms with E-state index in [4.69, 9.17) is 0 Å². The number of hydrogen-bond acceptors (Lipinski definition) is 2. The van der Waals surface area contributed by atoms with Gasteiger partial charge in [-0.15, -0.1) is 0 Å². The molecule has 0 amide bonds. The van der Waals surface area contributed by atoms with E-state index in [9.17, 15) is 8.42 Å². The van der Waals surface area contributed by atoms with Gasteiger partial charge in [0.2, 0.25) is 10.0 Å². The molecule has 4 heteroatoms. The Morgan fingerprint density at radius 3 is 2.64 bits per heavy atom. The Morgan fingerprint density at radius 1 is 1.09 bits per heavy atom.